The van der Waals surface area contributed by atoms with E-state index in [1.807, 2.05) is 0 Å². The molecule has 156 valence electrons. The van der Waals surface area contributed by atoms with Crippen molar-refractivity contribution in [3.63, 3.8) is 0 Å². The first kappa shape index (κ1) is 22.0. The minimum absolute atomic E-state index is 0.397. The summed E-state index contributed by atoms with van der Waals surface area (Å²) in [7, 11) is -0.794. The van der Waals surface area contributed by atoms with Gasteiger partial charge in [-0.2, -0.15) is 0 Å². The normalized spacial score (nSPS) is 13.3. The molecule has 0 aliphatic rings. The zero-order valence-electron chi connectivity index (χ0n) is 18.3. The fraction of sp³-hybridized carbons (Fsp3) is 0.172. The van der Waals surface area contributed by atoms with Gasteiger partial charge in [0.15, 0.2) is 0 Å². The monoisotopic (exact) mass is 440 g/mol. The lowest BCUT2D eigenvalue weighted by atomic mass is 10.3. The average molecular weight is 441 g/mol. The molecule has 0 aromatic heterocycles. The van der Waals surface area contributed by atoms with Crippen molar-refractivity contribution in [1.82, 2.24) is 0 Å². The minimum Gasteiger partial charge on any atom is -0.0622 e. The fourth-order valence-corrected chi connectivity index (χ4v) is 10.2. The van der Waals surface area contributed by atoms with Crippen molar-refractivity contribution in [2.24, 2.45) is 0 Å². The lowest BCUT2D eigenvalue weighted by molar-refractivity contribution is 0.793. The first-order valence-corrected chi connectivity index (χ1v) is 13.8. The van der Waals surface area contributed by atoms with Crippen LogP contribution in [0.2, 0.25) is 0 Å². The predicted molar refractivity (Wildman–Crippen MR) is 142 cm³/mol. The van der Waals surface area contributed by atoms with Crippen LogP contribution in [0.3, 0.4) is 0 Å². The van der Waals surface area contributed by atoms with Crippen LogP contribution in [-0.4, -0.2) is 11.3 Å². The zero-order valence-corrected chi connectivity index (χ0v) is 20.1. The second kappa shape index (κ2) is 10.9. The molecule has 31 heavy (non-hydrogen) atoms. The van der Waals surface area contributed by atoms with E-state index >= 15 is 0 Å². The van der Waals surface area contributed by atoms with Gasteiger partial charge in [-0.25, -0.2) is 0 Å². The number of benzene rings is 4. The SMILES string of the molecule is CC(C[C@H](C)P(c1ccccc1)c1ccccc1)P(c1ccccc1)c1ccccc1. The highest BCUT2D eigenvalue weighted by Crippen LogP contribution is 2.47. The summed E-state index contributed by atoms with van der Waals surface area (Å²) in [5.74, 6) is 0. The molecule has 4 rings (SSSR count). The second-order valence-corrected chi connectivity index (χ2v) is 13.3. The molecule has 0 fully saturated rings. The zero-order chi connectivity index (χ0) is 21.5. The molecule has 0 bridgehead atoms. The molecule has 0 amide bonds. The maximum atomic E-state index is 2.46. The fourth-order valence-electron chi connectivity index (χ4n) is 4.37. The van der Waals surface area contributed by atoms with Gasteiger partial charge in [0.05, 0.1) is 0 Å². The Morgan fingerprint density at radius 2 is 0.645 bits per heavy atom. The molecule has 0 nitrogen and oxygen atoms in total. The van der Waals surface area contributed by atoms with Crippen molar-refractivity contribution in [3.05, 3.63) is 121 Å². The summed E-state index contributed by atoms with van der Waals surface area (Å²) in [4.78, 5) is 0. The molecule has 0 heterocycles. The Labute approximate surface area is 189 Å². The molecule has 2 atom stereocenters. The molecule has 0 saturated heterocycles. The van der Waals surface area contributed by atoms with E-state index in [-0.39, 0.29) is 0 Å². The van der Waals surface area contributed by atoms with Gasteiger partial charge in [0.25, 0.3) is 0 Å². The third-order valence-electron chi connectivity index (χ3n) is 5.70. The van der Waals surface area contributed by atoms with E-state index in [0.29, 0.717) is 11.3 Å². The van der Waals surface area contributed by atoms with Crippen LogP contribution in [0.4, 0.5) is 0 Å². The van der Waals surface area contributed by atoms with E-state index in [1.54, 1.807) is 0 Å². The standard InChI is InChI=1S/C29H30P2/c1-24(30(26-15-7-3-8-16-26)27-17-9-4-10-18-27)23-25(2)31(28-19-11-5-12-20-28)29-21-13-6-14-22-29/h3-22,24-25H,23H2,1-2H3/t24-,25?/m0/s1. The average Bonchev–Trinajstić information content (AvgIpc) is 2.82. The van der Waals surface area contributed by atoms with Crippen LogP contribution in [-0.2, 0) is 0 Å². The lowest BCUT2D eigenvalue weighted by Crippen LogP contribution is -2.26. The maximum Gasteiger partial charge on any atom is -0.0151 e. The van der Waals surface area contributed by atoms with Gasteiger partial charge >= 0.3 is 0 Å². The molecule has 0 saturated carbocycles. The first-order valence-electron chi connectivity index (χ1n) is 11.0. The quantitative estimate of drug-likeness (QED) is 0.277. The third kappa shape index (κ3) is 5.51. The van der Waals surface area contributed by atoms with Gasteiger partial charge in [0.1, 0.15) is 0 Å². The van der Waals surface area contributed by atoms with Crippen molar-refractivity contribution in [2.75, 3.05) is 0 Å². The largest absolute Gasteiger partial charge is 0.0622 e. The molecular weight excluding hydrogens is 410 g/mol. The van der Waals surface area contributed by atoms with Crippen LogP contribution in [0.15, 0.2) is 121 Å². The van der Waals surface area contributed by atoms with Gasteiger partial charge in [-0.1, -0.05) is 135 Å². The molecule has 1 unspecified atom stereocenters. The van der Waals surface area contributed by atoms with Gasteiger partial charge < -0.3 is 0 Å². The van der Waals surface area contributed by atoms with Gasteiger partial charge in [-0.3, -0.25) is 0 Å². The Morgan fingerprint density at radius 3 is 0.871 bits per heavy atom. The molecular formula is C29H30P2. The Kier molecular flexibility index (Phi) is 7.69. The van der Waals surface area contributed by atoms with E-state index in [9.17, 15) is 0 Å². The lowest BCUT2D eigenvalue weighted by Gasteiger charge is -2.32. The Bertz CT molecular complexity index is 867. The summed E-state index contributed by atoms with van der Waals surface area (Å²) < 4.78 is 0. The summed E-state index contributed by atoms with van der Waals surface area (Å²) >= 11 is 0. The highest BCUT2D eigenvalue weighted by atomic mass is 31.1. The smallest absolute Gasteiger partial charge is 0.0151 e. The van der Waals surface area contributed by atoms with Crippen molar-refractivity contribution in [1.29, 1.82) is 0 Å². The van der Waals surface area contributed by atoms with Crippen LogP contribution in [0.5, 0.6) is 0 Å². The minimum atomic E-state index is -0.397. The molecule has 4 aromatic rings. The van der Waals surface area contributed by atoms with Crippen LogP contribution in [0, 0.1) is 0 Å². The van der Waals surface area contributed by atoms with Crippen LogP contribution in [0.1, 0.15) is 20.3 Å². The highest BCUT2D eigenvalue weighted by molar-refractivity contribution is 7.74. The summed E-state index contributed by atoms with van der Waals surface area (Å²) in [6, 6.07) is 44.5. The molecule has 0 radical (unpaired) electrons. The van der Waals surface area contributed by atoms with E-state index < -0.39 is 15.8 Å². The van der Waals surface area contributed by atoms with Gasteiger partial charge in [-0.15, -0.1) is 0 Å². The summed E-state index contributed by atoms with van der Waals surface area (Å²) in [5.41, 5.74) is 1.21. The highest BCUT2D eigenvalue weighted by Gasteiger charge is 2.27. The maximum absolute atomic E-state index is 2.46. The first-order chi connectivity index (χ1) is 15.2. The van der Waals surface area contributed by atoms with Gasteiger partial charge in [0.2, 0.25) is 0 Å². The number of hydrogen-bond donors (Lipinski definition) is 0. The molecule has 0 spiro atoms. The number of hydrogen-bond acceptors (Lipinski definition) is 0. The van der Waals surface area contributed by atoms with Gasteiger partial charge in [-0.05, 0) is 54.8 Å². The van der Waals surface area contributed by atoms with E-state index in [1.165, 1.54) is 27.6 Å². The van der Waals surface area contributed by atoms with E-state index in [0.717, 1.165) is 0 Å². The molecule has 2 heteroatoms. The topological polar surface area (TPSA) is 0 Å². The van der Waals surface area contributed by atoms with Crippen LogP contribution < -0.4 is 21.2 Å². The number of rotatable bonds is 8. The Balaban J connectivity index is 1.65. The van der Waals surface area contributed by atoms with Gasteiger partial charge in [0, 0.05) is 0 Å². The van der Waals surface area contributed by atoms with Crippen molar-refractivity contribution < 1.29 is 0 Å². The molecule has 0 aliphatic carbocycles. The van der Waals surface area contributed by atoms with E-state index in [4.69, 9.17) is 0 Å². The van der Waals surface area contributed by atoms with Crippen molar-refractivity contribution in [3.8, 4) is 0 Å². The van der Waals surface area contributed by atoms with E-state index in [2.05, 4.69) is 135 Å². The second-order valence-electron chi connectivity index (χ2n) is 8.02. The Morgan fingerprint density at radius 1 is 0.419 bits per heavy atom. The van der Waals surface area contributed by atoms with Crippen molar-refractivity contribution in [2.45, 2.75) is 31.6 Å². The predicted octanol–water partition coefficient (Wildman–Crippen LogP) is 6.42. The third-order valence-corrected chi connectivity index (χ3v) is 11.3. The summed E-state index contributed by atoms with van der Waals surface area (Å²) in [6.45, 7) is 4.93. The Hall–Kier alpha value is -2.26. The molecule has 0 aliphatic heterocycles. The van der Waals surface area contributed by atoms with Crippen LogP contribution in [0.25, 0.3) is 0 Å². The molecule has 0 N–H and O–H groups in total. The summed E-state index contributed by atoms with van der Waals surface area (Å²) in [5, 5.41) is 5.92. The van der Waals surface area contributed by atoms with Crippen LogP contribution >= 0.6 is 15.8 Å². The molecule has 4 aromatic carbocycles. The summed E-state index contributed by atoms with van der Waals surface area (Å²) in [6.07, 6.45) is 1.21. The van der Waals surface area contributed by atoms with Crippen molar-refractivity contribution >= 4 is 37.1 Å².